The molecule has 0 aliphatic carbocycles. The van der Waals surface area contributed by atoms with Crippen LogP contribution in [-0.2, 0) is 11.2 Å². The van der Waals surface area contributed by atoms with E-state index in [1.54, 1.807) is 0 Å². The number of unbranched alkanes of at least 4 members (excludes halogenated alkanes) is 14. The van der Waals surface area contributed by atoms with Crippen LogP contribution in [0.1, 0.15) is 129 Å². The van der Waals surface area contributed by atoms with E-state index in [4.69, 9.17) is 4.74 Å². The van der Waals surface area contributed by atoms with Gasteiger partial charge in [-0.2, -0.15) is 0 Å². The molecule has 2 aromatic rings. The van der Waals surface area contributed by atoms with Gasteiger partial charge >= 0.3 is 5.97 Å². The minimum absolute atomic E-state index is 0.157. The number of hydrogen-bond donors (Lipinski definition) is 0. The molecule has 1 aromatic carbocycles. The molecule has 2 rings (SSSR count). The lowest BCUT2D eigenvalue weighted by Gasteiger charge is -2.06. The lowest BCUT2D eigenvalue weighted by atomic mass is 10.0. The second kappa shape index (κ2) is 19.0. The van der Waals surface area contributed by atoms with Gasteiger partial charge in [0.25, 0.3) is 0 Å². The maximum Gasteiger partial charge on any atom is 0.311 e. The summed E-state index contributed by atoms with van der Waals surface area (Å²) in [5.41, 5.74) is 2.90. The van der Waals surface area contributed by atoms with Gasteiger partial charge < -0.3 is 4.74 Å². The highest BCUT2D eigenvalue weighted by atomic mass is 16.5. The summed E-state index contributed by atoms with van der Waals surface area (Å²) in [5, 5.41) is 0. The van der Waals surface area contributed by atoms with Crippen molar-refractivity contribution in [2.24, 2.45) is 0 Å². The Hall–Kier alpha value is -2.23. The maximum atomic E-state index is 12.0. The maximum absolute atomic E-state index is 12.0. The Bertz CT molecular complexity index is 787. The molecule has 1 heterocycles. The van der Waals surface area contributed by atoms with Gasteiger partial charge in [-0.25, -0.2) is 0 Å². The Labute approximate surface area is 214 Å². The third-order valence-corrected chi connectivity index (χ3v) is 6.61. The normalized spacial score (nSPS) is 11.0. The summed E-state index contributed by atoms with van der Waals surface area (Å²) >= 11 is 0. The van der Waals surface area contributed by atoms with Gasteiger partial charge in [0.05, 0.1) is 17.6 Å². The molecule has 194 valence electrons. The van der Waals surface area contributed by atoms with Crippen LogP contribution >= 0.6 is 0 Å². The number of esters is 1. The minimum atomic E-state index is -0.157. The molecule has 0 spiro atoms. The molecule has 0 atom stereocenters. The average molecular weight is 481 g/mol. The molecule has 0 unspecified atom stereocenters. The van der Waals surface area contributed by atoms with Gasteiger partial charge in [-0.1, -0.05) is 104 Å². The van der Waals surface area contributed by atoms with Crippen molar-refractivity contribution >= 4 is 5.97 Å². The third kappa shape index (κ3) is 13.4. The van der Waals surface area contributed by atoms with E-state index in [9.17, 15) is 4.79 Å². The molecular formula is C31H48N2O2. The second-order valence-electron chi connectivity index (χ2n) is 9.84. The van der Waals surface area contributed by atoms with Gasteiger partial charge in [0.15, 0.2) is 0 Å². The Morgan fingerprint density at radius 2 is 1.20 bits per heavy atom. The quantitative estimate of drug-likeness (QED) is 0.108. The van der Waals surface area contributed by atoms with E-state index in [1.807, 2.05) is 36.7 Å². The number of nitrogens with zero attached hydrogens (tertiary/aromatic N) is 2. The second-order valence-corrected chi connectivity index (χ2v) is 9.84. The first kappa shape index (κ1) is 29.0. The molecule has 0 fully saturated rings. The van der Waals surface area contributed by atoms with Crippen molar-refractivity contribution in [3.8, 4) is 17.0 Å². The Morgan fingerprint density at radius 3 is 1.74 bits per heavy atom. The molecule has 4 heteroatoms. The molecule has 0 amide bonds. The van der Waals surface area contributed by atoms with E-state index in [2.05, 4.69) is 23.8 Å². The summed E-state index contributed by atoms with van der Waals surface area (Å²) in [6.45, 7) is 4.44. The fourth-order valence-electron chi connectivity index (χ4n) is 4.35. The predicted molar refractivity (Wildman–Crippen MR) is 147 cm³/mol. The van der Waals surface area contributed by atoms with E-state index in [-0.39, 0.29) is 5.97 Å². The number of benzene rings is 1. The Morgan fingerprint density at radius 1 is 0.657 bits per heavy atom. The van der Waals surface area contributed by atoms with Gasteiger partial charge in [-0.15, -0.1) is 0 Å². The van der Waals surface area contributed by atoms with Crippen molar-refractivity contribution in [2.75, 3.05) is 0 Å². The largest absolute Gasteiger partial charge is 0.427 e. The summed E-state index contributed by atoms with van der Waals surface area (Å²) < 4.78 is 5.44. The first-order valence-corrected chi connectivity index (χ1v) is 14.3. The molecule has 0 saturated carbocycles. The van der Waals surface area contributed by atoms with E-state index in [1.165, 1.54) is 89.9 Å². The summed E-state index contributed by atoms with van der Waals surface area (Å²) in [6.07, 6.45) is 25.9. The van der Waals surface area contributed by atoms with Crippen molar-refractivity contribution in [1.29, 1.82) is 0 Å². The first-order chi connectivity index (χ1) is 17.2. The van der Waals surface area contributed by atoms with Crippen molar-refractivity contribution < 1.29 is 9.53 Å². The van der Waals surface area contributed by atoms with Crippen LogP contribution < -0.4 is 4.74 Å². The van der Waals surface area contributed by atoms with Gasteiger partial charge in [-0.3, -0.25) is 14.8 Å². The summed E-state index contributed by atoms with van der Waals surface area (Å²) in [4.78, 5) is 21.2. The van der Waals surface area contributed by atoms with E-state index in [0.29, 0.717) is 12.2 Å². The van der Waals surface area contributed by atoms with Gasteiger partial charge in [0.1, 0.15) is 5.75 Å². The molecule has 1 aromatic heterocycles. The van der Waals surface area contributed by atoms with Gasteiger partial charge in [0, 0.05) is 18.2 Å². The molecule has 0 N–H and O–H groups in total. The highest BCUT2D eigenvalue weighted by Gasteiger charge is 2.06. The fourth-order valence-corrected chi connectivity index (χ4v) is 4.35. The SMILES string of the molecule is CCCCCCCCCCCCCCc1cnc(-c2ccc(OC(=O)CCCCCC)cc2)cn1. The van der Waals surface area contributed by atoms with Crippen LogP contribution in [0.15, 0.2) is 36.7 Å². The monoisotopic (exact) mass is 480 g/mol. The zero-order valence-electron chi connectivity index (χ0n) is 22.4. The van der Waals surface area contributed by atoms with Crippen LogP contribution in [0.25, 0.3) is 11.3 Å². The van der Waals surface area contributed by atoms with Gasteiger partial charge in [-0.05, 0) is 43.5 Å². The number of carbonyl (C=O) groups is 1. The smallest absolute Gasteiger partial charge is 0.311 e. The fraction of sp³-hybridized carbons (Fsp3) is 0.645. The van der Waals surface area contributed by atoms with Crippen LogP contribution in [-0.4, -0.2) is 15.9 Å². The number of hydrogen-bond acceptors (Lipinski definition) is 4. The van der Waals surface area contributed by atoms with E-state index >= 15 is 0 Å². The molecule has 0 radical (unpaired) electrons. The van der Waals surface area contributed by atoms with Crippen LogP contribution in [0, 0.1) is 0 Å². The molecule has 4 nitrogen and oxygen atoms in total. The summed E-state index contributed by atoms with van der Waals surface area (Å²) in [7, 11) is 0. The lowest BCUT2D eigenvalue weighted by molar-refractivity contribution is -0.134. The number of ether oxygens (including phenoxy) is 1. The molecule has 0 saturated heterocycles. The molecule has 0 aliphatic rings. The van der Waals surface area contributed by atoms with Crippen LogP contribution in [0.4, 0.5) is 0 Å². The van der Waals surface area contributed by atoms with Crippen molar-refractivity contribution in [1.82, 2.24) is 9.97 Å². The zero-order chi connectivity index (χ0) is 25.0. The first-order valence-electron chi connectivity index (χ1n) is 14.3. The third-order valence-electron chi connectivity index (χ3n) is 6.61. The van der Waals surface area contributed by atoms with Crippen LogP contribution in [0.5, 0.6) is 5.75 Å². The highest BCUT2D eigenvalue weighted by Crippen LogP contribution is 2.21. The van der Waals surface area contributed by atoms with Crippen molar-refractivity contribution in [3.05, 3.63) is 42.4 Å². The minimum Gasteiger partial charge on any atom is -0.427 e. The molecular weight excluding hydrogens is 432 g/mol. The Balaban J connectivity index is 1.58. The van der Waals surface area contributed by atoms with Crippen molar-refractivity contribution in [2.45, 2.75) is 129 Å². The summed E-state index contributed by atoms with van der Waals surface area (Å²) in [6, 6.07) is 7.55. The zero-order valence-corrected chi connectivity index (χ0v) is 22.4. The van der Waals surface area contributed by atoms with E-state index < -0.39 is 0 Å². The number of carbonyl (C=O) groups excluding carboxylic acids is 1. The van der Waals surface area contributed by atoms with Crippen LogP contribution in [0.2, 0.25) is 0 Å². The van der Waals surface area contributed by atoms with Crippen molar-refractivity contribution in [3.63, 3.8) is 0 Å². The summed E-state index contributed by atoms with van der Waals surface area (Å²) in [5.74, 6) is 0.432. The highest BCUT2D eigenvalue weighted by molar-refractivity contribution is 5.72. The molecule has 35 heavy (non-hydrogen) atoms. The lowest BCUT2D eigenvalue weighted by Crippen LogP contribution is -2.07. The number of aromatic nitrogens is 2. The molecule has 0 bridgehead atoms. The standard InChI is InChI=1S/C31H48N2O2/c1-3-5-7-9-10-11-12-13-14-15-16-17-19-28-25-33-30(26-32-28)27-21-23-29(24-22-27)35-31(34)20-18-8-6-4-2/h21-26H,3-20H2,1-2H3. The number of rotatable bonds is 20. The topological polar surface area (TPSA) is 52.1 Å². The van der Waals surface area contributed by atoms with Crippen LogP contribution in [0.3, 0.4) is 0 Å². The van der Waals surface area contributed by atoms with Gasteiger partial charge in [0.2, 0.25) is 0 Å². The number of aryl methyl sites for hydroxylation is 1. The average Bonchev–Trinajstić information content (AvgIpc) is 2.88. The van der Waals surface area contributed by atoms with E-state index in [0.717, 1.165) is 36.2 Å². The predicted octanol–water partition coefficient (Wildman–Crippen LogP) is 9.26. The Kier molecular flexibility index (Phi) is 15.8. The molecule has 0 aliphatic heterocycles.